The minimum absolute atomic E-state index is 0.0848. The van der Waals surface area contributed by atoms with Crippen LogP contribution in [0.25, 0.3) is 0 Å². The quantitative estimate of drug-likeness (QED) is 0.746. The van der Waals surface area contributed by atoms with Gasteiger partial charge in [0, 0.05) is 12.1 Å². The van der Waals surface area contributed by atoms with Crippen molar-refractivity contribution >= 4 is 33.2 Å². The van der Waals surface area contributed by atoms with Crippen molar-refractivity contribution in [1.82, 2.24) is 5.32 Å². The van der Waals surface area contributed by atoms with Crippen LogP contribution in [0.3, 0.4) is 0 Å². The SMILES string of the molecule is CC(C)NC(=O)CNc1cc(Br)c(F)cc1N. The Morgan fingerprint density at radius 3 is 2.76 bits per heavy atom. The van der Waals surface area contributed by atoms with Crippen LogP contribution in [0, 0.1) is 5.82 Å². The molecule has 0 aliphatic heterocycles. The number of nitrogen functional groups attached to an aromatic ring is 1. The number of hydrogen-bond acceptors (Lipinski definition) is 3. The molecule has 1 aromatic rings. The van der Waals surface area contributed by atoms with Crippen molar-refractivity contribution in [3.05, 3.63) is 22.4 Å². The first-order valence-corrected chi connectivity index (χ1v) is 5.97. The van der Waals surface area contributed by atoms with Gasteiger partial charge in [0.1, 0.15) is 5.82 Å². The molecule has 0 saturated heterocycles. The van der Waals surface area contributed by atoms with Crippen molar-refractivity contribution < 1.29 is 9.18 Å². The molecule has 4 nitrogen and oxygen atoms in total. The van der Waals surface area contributed by atoms with Crippen LogP contribution >= 0.6 is 15.9 Å². The Bertz CT molecular complexity index is 423. The van der Waals surface area contributed by atoms with Gasteiger partial charge < -0.3 is 16.4 Å². The molecule has 0 saturated carbocycles. The number of nitrogens with one attached hydrogen (secondary N) is 2. The number of rotatable bonds is 4. The predicted octanol–water partition coefficient (Wildman–Crippen LogP) is 2.11. The molecule has 94 valence electrons. The van der Waals surface area contributed by atoms with Crippen LogP contribution in [0.1, 0.15) is 13.8 Å². The minimum Gasteiger partial charge on any atom is -0.397 e. The summed E-state index contributed by atoms with van der Waals surface area (Å²) in [7, 11) is 0. The summed E-state index contributed by atoms with van der Waals surface area (Å²) in [5.74, 6) is -0.570. The summed E-state index contributed by atoms with van der Waals surface area (Å²) in [6.07, 6.45) is 0. The Labute approximate surface area is 108 Å². The molecule has 1 amide bonds. The first kappa shape index (κ1) is 13.8. The van der Waals surface area contributed by atoms with Crippen LogP contribution in [0.4, 0.5) is 15.8 Å². The minimum atomic E-state index is -0.431. The Morgan fingerprint density at radius 1 is 1.53 bits per heavy atom. The largest absolute Gasteiger partial charge is 0.397 e. The number of carbonyl (C=O) groups excluding carboxylic acids is 1. The van der Waals surface area contributed by atoms with E-state index in [1.54, 1.807) is 0 Å². The second-order valence-electron chi connectivity index (χ2n) is 3.93. The van der Waals surface area contributed by atoms with Crippen LogP contribution in [-0.4, -0.2) is 18.5 Å². The molecule has 0 spiro atoms. The average Bonchev–Trinajstić information content (AvgIpc) is 2.20. The van der Waals surface area contributed by atoms with E-state index in [1.165, 1.54) is 12.1 Å². The zero-order valence-electron chi connectivity index (χ0n) is 9.68. The summed E-state index contributed by atoms with van der Waals surface area (Å²) in [6.45, 7) is 3.85. The van der Waals surface area contributed by atoms with E-state index in [2.05, 4.69) is 26.6 Å². The fourth-order valence-corrected chi connectivity index (χ4v) is 1.61. The Morgan fingerprint density at radius 2 is 2.18 bits per heavy atom. The topological polar surface area (TPSA) is 67.2 Å². The highest BCUT2D eigenvalue weighted by molar-refractivity contribution is 9.10. The van der Waals surface area contributed by atoms with Crippen LogP contribution < -0.4 is 16.4 Å². The molecule has 4 N–H and O–H groups in total. The predicted molar refractivity (Wildman–Crippen MR) is 70.3 cm³/mol. The van der Waals surface area contributed by atoms with Gasteiger partial charge in [0.15, 0.2) is 0 Å². The average molecular weight is 304 g/mol. The van der Waals surface area contributed by atoms with Crippen LogP contribution in [0.5, 0.6) is 0 Å². The lowest BCUT2D eigenvalue weighted by Crippen LogP contribution is -2.34. The lowest BCUT2D eigenvalue weighted by molar-refractivity contribution is -0.119. The molecule has 0 aliphatic carbocycles. The summed E-state index contributed by atoms with van der Waals surface area (Å²) in [6, 6.07) is 2.79. The maximum Gasteiger partial charge on any atom is 0.239 e. The normalized spacial score (nSPS) is 10.4. The van der Waals surface area contributed by atoms with Gasteiger partial charge in [0.25, 0.3) is 0 Å². The summed E-state index contributed by atoms with van der Waals surface area (Å²) >= 11 is 3.06. The highest BCUT2D eigenvalue weighted by atomic mass is 79.9. The van der Waals surface area contributed by atoms with Gasteiger partial charge in [-0.05, 0) is 35.8 Å². The number of halogens is 2. The van der Waals surface area contributed by atoms with Crippen molar-refractivity contribution in [2.75, 3.05) is 17.6 Å². The van der Waals surface area contributed by atoms with E-state index in [1.807, 2.05) is 13.8 Å². The number of amides is 1. The Hall–Kier alpha value is -1.30. The fraction of sp³-hybridized carbons (Fsp3) is 0.364. The lowest BCUT2D eigenvalue weighted by atomic mass is 10.2. The molecule has 0 bridgehead atoms. The monoisotopic (exact) mass is 303 g/mol. The number of nitrogens with two attached hydrogens (primary N) is 1. The number of carbonyl (C=O) groups is 1. The molecule has 0 heterocycles. The van der Waals surface area contributed by atoms with Crippen molar-refractivity contribution in [1.29, 1.82) is 0 Å². The van der Waals surface area contributed by atoms with E-state index in [0.29, 0.717) is 10.2 Å². The first-order valence-electron chi connectivity index (χ1n) is 5.18. The smallest absolute Gasteiger partial charge is 0.239 e. The van der Waals surface area contributed by atoms with E-state index in [0.717, 1.165) is 0 Å². The van der Waals surface area contributed by atoms with Crippen molar-refractivity contribution in [3.8, 4) is 0 Å². The molecular weight excluding hydrogens is 289 g/mol. The molecule has 6 heteroatoms. The van der Waals surface area contributed by atoms with E-state index < -0.39 is 5.82 Å². The summed E-state index contributed by atoms with van der Waals surface area (Å²) in [5, 5.41) is 5.58. The van der Waals surface area contributed by atoms with Gasteiger partial charge in [0.05, 0.1) is 22.4 Å². The number of hydrogen-bond donors (Lipinski definition) is 3. The highest BCUT2D eigenvalue weighted by Crippen LogP contribution is 2.26. The third-order valence-corrected chi connectivity index (χ3v) is 2.59. The van der Waals surface area contributed by atoms with Gasteiger partial charge in [-0.15, -0.1) is 0 Å². The molecule has 0 fully saturated rings. The molecule has 17 heavy (non-hydrogen) atoms. The third-order valence-electron chi connectivity index (χ3n) is 1.98. The third kappa shape index (κ3) is 4.22. The number of benzene rings is 1. The van der Waals surface area contributed by atoms with Gasteiger partial charge in [-0.25, -0.2) is 4.39 Å². The van der Waals surface area contributed by atoms with E-state index >= 15 is 0 Å². The standard InChI is InChI=1S/C11H15BrFN3O/c1-6(2)16-11(17)5-15-10-3-7(12)8(13)4-9(10)14/h3-4,6,15H,5,14H2,1-2H3,(H,16,17). The second kappa shape index (κ2) is 5.86. The van der Waals surface area contributed by atoms with Crippen molar-refractivity contribution in [2.24, 2.45) is 0 Å². The Balaban J connectivity index is 2.63. The molecule has 0 aromatic heterocycles. The van der Waals surface area contributed by atoms with Crippen molar-refractivity contribution in [3.63, 3.8) is 0 Å². The molecule has 0 radical (unpaired) electrons. The van der Waals surface area contributed by atoms with Crippen LogP contribution in [-0.2, 0) is 4.79 Å². The van der Waals surface area contributed by atoms with Gasteiger partial charge in [0.2, 0.25) is 5.91 Å². The van der Waals surface area contributed by atoms with Gasteiger partial charge in [-0.2, -0.15) is 0 Å². The lowest BCUT2D eigenvalue weighted by Gasteiger charge is -2.12. The van der Waals surface area contributed by atoms with Crippen LogP contribution in [0.15, 0.2) is 16.6 Å². The fourth-order valence-electron chi connectivity index (χ4n) is 1.26. The van der Waals surface area contributed by atoms with E-state index in [9.17, 15) is 9.18 Å². The summed E-state index contributed by atoms with van der Waals surface area (Å²) in [4.78, 5) is 11.4. The first-order chi connectivity index (χ1) is 7.90. The summed E-state index contributed by atoms with van der Waals surface area (Å²) in [5.41, 5.74) is 6.41. The van der Waals surface area contributed by atoms with Crippen LogP contribution in [0.2, 0.25) is 0 Å². The number of anilines is 2. The molecule has 0 aliphatic rings. The van der Waals surface area contributed by atoms with Gasteiger partial charge in [-0.3, -0.25) is 4.79 Å². The van der Waals surface area contributed by atoms with Crippen molar-refractivity contribution in [2.45, 2.75) is 19.9 Å². The Kier molecular flexibility index (Phi) is 4.74. The zero-order valence-corrected chi connectivity index (χ0v) is 11.3. The summed E-state index contributed by atoms with van der Waals surface area (Å²) < 4.78 is 13.4. The molecule has 0 unspecified atom stereocenters. The highest BCUT2D eigenvalue weighted by Gasteiger charge is 2.08. The molecule has 1 aromatic carbocycles. The maximum absolute atomic E-state index is 13.1. The van der Waals surface area contributed by atoms with Gasteiger partial charge in [-0.1, -0.05) is 0 Å². The second-order valence-corrected chi connectivity index (χ2v) is 4.78. The van der Waals surface area contributed by atoms with E-state index in [-0.39, 0.29) is 24.2 Å². The molecule has 0 atom stereocenters. The van der Waals surface area contributed by atoms with E-state index in [4.69, 9.17) is 5.73 Å². The van der Waals surface area contributed by atoms with Gasteiger partial charge >= 0.3 is 0 Å². The zero-order chi connectivity index (χ0) is 13.0. The molecular formula is C11H15BrFN3O. The molecule has 1 rings (SSSR count). The maximum atomic E-state index is 13.1.